The summed E-state index contributed by atoms with van der Waals surface area (Å²) in [6.07, 6.45) is 3.05. The van der Waals surface area contributed by atoms with E-state index in [-0.39, 0.29) is 12.3 Å². The number of carbonyl (C=O) groups is 4. The summed E-state index contributed by atoms with van der Waals surface area (Å²) in [5.41, 5.74) is 7.79. The summed E-state index contributed by atoms with van der Waals surface area (Å²) in [5.74, 6) is -2.62. The van der Waals surface area contributed by atoms with Gasteiger partial charge in [-0.05, 0) is 37.3 Å². The normalized spacial score (nSPS) is 18.5. The van der Waals surface area contributed by atoms with Gasteiger partial charge in [-0.1, -0.05) is 32.0 Å². The first kappa shape index (κ1) is 25.2. The molecule has 10 heteroatoms. The van der Waals surface area contributed by atoms with Gasteiger partial charge in [0.2, 0.25) is 17.7 Å². The predicted molar refractivity (Wildman–Crippen MR) is 127 cm³/mol. The Morgan fingerprint density at radius 2 is 1.88 bits per heavy atom. The molecule has 1 aliphatic heterocycles. The molecule has 1 fully saturated rings. The molecule has 4 unspecified atom stereocenters. The van der Waals surface area contributed by atoms with Crippen molar-refractivity contribution < 1.29 is 24.3 Å². The summed E-state index contributed by atoms with van der Waals surface area (Å²) in [4.78, 5) is 54.9. The Morgan fingerprint density at radius 3 is 2.56 bits per heavy atom. The zero-order valence-electron chi connectivity index (χ0n) is 19.7. The van der Waals surface area contributed by atoms with Crippen LogP contribution in [0.25, 0.3) is 10.9 Å². The number of hydrogen-bond donors (Lipinski definition) is 5. The largest absolute Gasteiger partial charge is 0.480 e. The van der Waals surface area contributed by atoms with Crippen molar-refractivity contribution in [1.29, 1.82) is 0 Å². The van der Waals surface area contributed by atoms with Crippen LogP contribution < -0.4 is 16.4 Å². The van der Waals surface area contributed by atoms with Crippen LogP contribution in [0.5, 0.6) is 0 Å². The van der Waals surface area contributed by atoms with Gasteiger partial charge < -0.3 is 31.4 Å². The Labute approximate surface area is 198 Å². The number of aromatic nitrogens is 1. The van der Waals surface area contributed by atoms with Gasteiger partial charge in [0.15, 0.2) is 0 Å². The van der Waals surface area contributed by atoms with Crippen LogP contribution in [0.1, 0.15) is 39.2 Å². The Bertz CT molecular complexity index is 1060. The van der Waals surface area contributed by atoms with Crippen LogP contribution in [0.3, 0.4) is 0 Å². The number of H-pyrrole nitrogens is 1. The molecule has 3 rings (SSSR count). The van der Waals surface area contributed by atoms with E-state index in [0.717, 1.165) is 16.5 Å². The number of carbonyl (C=O) groups excluding carboxylic acids is 3. The number of aromatic amines is 1. The zero-order valence-corrected chi connectivity index (χ0v) is 19.7. The van der Waals surface area contributed by atoms with Crippen molar-refractivity contribution in [3.8, 4) is 0 Å². The molecule has 10 nitrogen and oxygen atoms in total. The van der Waals surface area contributed by atoms with Gasteiger partial charge in [-0.15, -0.1) is 0 Å². The fourth-order valence-electron chi connectivity index (χ4n) is 4.17. The highest BCUT2D eigenvalue weighted by atomic mass is 16.4. The summed E-state index contributed by atoms with van der Waals surface area (Å²) in [6.45, 7) is 5.36. The maximum Gasteiger partial charge on any atom is 0.325 e. The highest BCUT2D eigenvalue weighted by molar-refractivity contribution is 5.95. The van der Waals surface area contributed by atoms with E-state index in [0.29, 0.717) is 19.4 Å². The van der Waals surface area contributed by atoms with E-state index in [2.05, 4.69) is 15.6 Å². The lowest BCUT2D eigenvalue weighted by Gasteiger charge is -2.30. The second-order valence-electron chi connectivity index (χ2n) is 9.15. The number of para-hydroxylation sites is 1. The molecule has 2 aromatic rings. The SMILES string of the molecule is CC(NC(=O)C1CCCN1C(=O)C(Cc1c[nH]c2ccccc12)NC(=O)C(N)C(C)C)C(=O)O. The van der Waals surface area contributed by atoms with Gasteiger partial charge in [-0.3, -0.25) is 19.2 Å². The van der Waals surface area contributed by atoms with E-state index >= 15 is 0 Å². The van der Waals surface area contributed by atoms with Crippen molar-refractivity contribution in [2.24, 2.45) is 11.7 Å². The lowest BCUT2D eigenvalue weighted by atomic mass is 10.0. The zero-order chi connectivity index (χ0) is 25.0. The second-order valence-corrected chi connectivity index (χ2v) is 9.15. The highest BCUT2D eigenvalue weighted by Gasteiger charge is 2.39. The van der Waals surface area contributed by atoms with Crippen LogP contribution >= 0.6 is 0 Å². The molecular weight excluding hydrogens is 438 g/mol. The average molecular weight is 472 g/mol. The van der Waals surface area contributed by atoms with Crippen LogP contribution in [0.2, 0.25) is 0 Å². The first-order valence-electron chi connectivity index (χ1n) is 11.5. The smallest absolute Gasteiger partial charge is 0.325 e. The number of nitrogens with zero attached hydrogens (tertiary/aromatic N) is 1. The Morgan fingerprint density at radius 1 is 1.18 bits per heavy atom. The van der Waals surface area contributed by atoms with Crippen molar-refractivity contribution in [3.05, 3.63) is 36.0 Å². The molecule has 6 N–H and O–H groups in total. The van der Waals surface area contributed by atoms with Crippen LogP contribution in [-0.2, 0) is 25.6 Å². The number of nitrogens with one attached hydrogen (secondary N) is 3. The van der Waals surface area contributed by atoms with Crippen LogP contribution in [0, 0.1) is 5.92 Å². The van der Waals surface area contributed by atoms with Gasteiger partial charge in [-0.2, -0.15) is 0 Å². The molecule has 4 atom stereocenters. The van der Waals surface area contributed by atoms with E-state index in [9.17, 15) is 19.2 Å². The number of hydrogen-bond acceptors (Lipinski definition) is 5. The minimum atomic E-state index is -1.16. The van der Waals surface area contributed by atoms with E-state index in [1.165, 1.54) is 11.8 Å². The van der Waals surface area contributed by atoms with Gasteiger partial charge in [0.25, 0.3) is 0 Å². The highest BCUT2D eigenvalue weighted by Crippen LogP contribution is 2.23. The van der Waals surface area contributed by atoms with E-state index in [1.54, 1.807) is 0 Å². The fraction of sp³-hybridized carbons (Fsp3) is 0.500. The Hall–Kier alpha value is -3.40. The summed E-state index contributed by atoms with van der Waals surface area (Å²) in [7, 11) is 0. The summed E-state index contributed by atoms with van der Waals surface area (Å²) >= 11 is 0. The summed E-state index contributed by atoms with van der Waals surface area (Å²) < 4.78 is 0. The topological polar surface area (TPSA) is 158 Å². The number of aliphatic carboxylic acids is 1. The Kier molecular flexibility index (Phi) is 7.93. The number of likely N-dealkylation sites (tertiary alicyclic amines) is 1. The Balaban J connectivity index is 1.85. The van der Waals surface area contributed by atoms with Gasteiger partial charge >= 0.3 is 5.97 Å². The van der Waals surface area contributed by atoms with Gasteiger partial charge in [0.05, 0.1) is 6.04 Å². The monoisotopic (exact) mass is 471 g/mol. The number of carboxylic acids is 1. The molecule has 34 heavy (non-hydrogen) atoms. The maximum atomic E-state index is 13.6. The van der Waals surface area contributed by atoms with Crippen LogP contribution in [0.15, 0.2) is 30.5 Å². The molecule has 1 saturated heterocycles. The van der Waals surface area contributed by atoms with Gasteiger partial charge in [-0.25, -0.2) is 0 Å². The maximum absolute atomic E-state index is 13.6. The summed E-state index contributed by atoms with van der Waals surface area (Å²) in [6, 6.07) is 4.08. The number of fused-ring (bicyclic) bond motifs is 1. The predicted octanol–water partition coefficient (Wildman–Crippen LogP) is 0.759. The first-order chi connectivity index (χ1) is 16.1. The fourth-order valence-corrected chi connectivity index (χ4v) is 4.17. The first-order valence-corrected chi connectivity index (χ1v) is 11.5. The standard InChI is InChI=1S/C24H33N5O5/c1-13(2)20(25)22(31)28-18(11-15-12-26-17-8-5-4-7-16(15)17)23(32)29-10-6-9-19(29)21(30)27-14(3)24(33)34/h4-5,7-8,12-14,18-20,26H,6,9-11,25H2,1-3H3,(H,27,30)(H,28,31)(H,33,34). The minimum absolute atomic E-state index is 0.119. The minimum Gasteiger partial charge on any atom is -0.480 e. The molecule has 0 aliphatic carbocycles. The van der Waals surface area contributed by atoms with Crippen LogP contribution in [0.4, 0.5) is 0 Å². The molecule has 1 aliphatic rings. The van der Waals surface area contributed by atoms with Crippen molar-refractivity contribution in [2.45, 2.75) is 64.2 Å². The third-order valence-electron chi connectivity index (χ3n) is 6.30. The van der Waals surface area contributed by atoms with Crippen molar-refractivity contribution in [3.63, 3.8) is 0 Å². The van der Waals surface area contributed by atoms with Gasteiger partial charge in [0.1, 0.15) is 18.1 Å². The number of nitrogens with two attached hydrogens (primary N) is 1. The molecule has 2 heterocycles. The molecule has 0 radical (unpaired) electrons. The third kappa shape index (κ3) is 5.56. The van der Waals surface area contributed by atoms with Gasteiger partial charge in [0, 0.05) is 30.1 Å². The molecule has 1 aromatic carbocycles. The van der Waals surface area contributed by atoms with Crippen molar-refractivity contribution in [1.82, 2.24) is 20.5 Å². The lowest BCUT2D eigenvalue weighted by molar-refractivity contribution is -0.144. The summed E-state index contributed by atoms with van der Waals surface area (Å²) in [5, 5.41) is 15.3. The molecular formula is C24H33N5O5. The molecule has 0 bridgehead atoms. The molecule has 3 amide bonds. The average Bonchev–Trinajstić information content (AvgIpc) is 3.45. The molecule has 184 valence electrons. The second kappa shape index (κ2) is 10.7. The van der Waals surface area contributed by atoms with E-state index in [4.69, 9.17) is 10.8 Å². The lowest BCUT2D eigenvalue weighted by Crippen LogP contribution is -2.57. The third-order valence-corrected chi connectivity index (χ3v) is 6.30. The van der Waals surface area contributed by atoms with Crippen LogP contribution in [-0.4, -0.2) is 69.4 Å². The number of carboxylic acid groups (broad SMARTS) is 1. The molecule has 0 saturated carbocycles. The van der Waals surface area contributed by atoms with E-state index in [1.807, 2.05) is 44.3 Å². The quantitative estimate of drug-likeness (QED) is 0.363. The molecule has 0 spiro atoms. The molecule has 1 aromatic heterocycles. The van der Waals surface area contributed by atoms with Crippen molar-refractivity contribution in [2.75, 3.05) is 6.54 Å². The number of amides is 3. The number of benzene rings is 1. The van der Waals surface area contributed by atoms with Crippen molar-refractivity contribution >= 4 is 34.6 Å². The number of rotatable bonds is 9. The van der Waals surface area contributed by atoms with E-state index < -0.39 is 47.9 Å².